The number of benzene rings is 1. The highest BCUT2D eigenvalue weighted by atomic mass is 35.5. The molecular weight excluding hydrogens is 260 g/mol. The van der Waals surface area contributed by atoms with Gasteiger partial charge in [0.05, 0.1) is 10.4 Å². The maximum absolute atomic E-state index is 11.6. The van der Waals surface area contributed by atoms with E-state index in [1.165, 1.54) is 6.26 Å². The highest BCUT2D eigenvalue weighted by molar-refractivity contribution is 7.91. The van der Waals surface area contributed by atoms with Crippen molar-refractivity contribution in [2.24, 2.45) is 0 Å². The summed E-state index contributed by atoms with van der Waals surface area (Å²) in [5.41, 5.74) is 1.26. The van der Waals surface area contributed by atoms with Crippen LogP contribution in [0, 0.1) is 0 Å². The molecule has 4 nitrogen and oxygen atoms in total. The van der Waals surface area contributed by atoms with Crippen LogP contribution >= 0.6 is 11.6 Å². The van der Waals surface area contributed by atoms with E-state index in [0.29, 0.717) is 11.4 Å². The first-order chi connectivity index (χ1) is 8.02. The maximum atomic E-state index is 11.6. The van der Waals surface area contributed by atoms with E-state index < -0.39 is 9.84 Å². The van der Waals surface area contributed by atoms with Crippen molar-refractivity contribution >= 4 is 32.5 Å². The van der Waals surface area contributed by atoms with Crippen LogP contribution in [0.4, 0.5) is 0 Å². The highest BCUT2D eigenvalue weighted by Crippen LogP contribution is 2.21. The second kappa shape index (κ2) is 4.66. The minimum absolute atomic E-state index is 0.267. The number of aromatic amines is 1. The van der Waals surface area contributed by atoms with Crippen LogP contribution in [0.2, 0.25) is 0 Å². The second-order valence-corrected chi connectivity index (χ2v) is 6.26. The molecule has 0 aliphatic heterocycles. The molecule has 0 radical (unpaired) electrons. The molecule has 0 amide bonds. The number of nitrogens with one attached hydrogen (secondary N) is 1. The number of rotatable bonds is 4. The number of halogens is 1. The Kier molecular flexibility index (Phi) is 3.40. The standard InChI is InChI=1S/C11H13ClN2O2S/c1-17(15,16)9-5-2-4-8-11(9)14-10(13-8)6-3-7-12/h2,4-5H,3,6-7H2,1H3,(H,13,14). The van der Waals surface area contributed by atoms with Crippen LogP contribution < -0.4 is 0 Å². The largest absolute Gasteiger partial charge is 0.342 e. The molecule has 0 atom stereocenters. The number of hydrogen-bond donors (Lipinski definition) is 1. The molecule has 92 valence electrons. The first kappa shape index (κ1) is 12.4. The molecule has 1 aromatic heterocycles. The fourth-order valence-corrected chi connectivity index (χ4v) is 2.67. The number of alkyl halides is 1. The zero-order chi connectivity index (χ0) is 12.5. The summed E-state index contributed by atoms with van der Waals surface area (Å²) >= 11 is 5.62. The van der Waals surface area contributed by atoms with Gasteiger partial charge in [0.2, 0.25) is 0 Å². The van der Waals surface area contributed by atoms with Crippen molar-refractivity contribution in [3.8, 4) is 0 Å². The van der Waals surface area contributed by atoms with Crippen molar-refractivity contribution in [2.45, 2.75) is 17.7 Å². The monoisotopic (exact) mass is 272 g/mol. The van der Waals surface area contributed by atoms with Gasteiger partial charge in [-0.15, -0.1) is 11.6 Å². The Balaban J connectivity index is 2.53. The Morgan fingerprint density at radius 2 is 2.18 bits per heavy atom. The third-order valence-electron chi connectivity index (χ3n) is 2.47. The van der Waals surface area contributed by atoms with Gasteiger partial charge in [0.25, 0.3) is 0 Å². The summed E-state index contributed by atoms with van der Waals surface area (Å²) in [4.78, 5) is 7.70. The molecule has 0 saturated carbocycles. The molecule has 0 unspecified atom stereocenters. The van der Waals surface area contributed by atoms with E-state index in [1.807, 2.05) is 6.07 Å². The van der Waals surface area contributed by atoms with Gasteiger partial charge in [-0.1, -0.05) is 6.07 Å². The van der Waals surface area contributed by atoms with Crippen molar-refractivity contribution in [3.63, 3.8) is 0 Å². The lowest BCUT2D eigenvalue weighted by Gasteiger charge is -1.97. The van der Waals surface area contributed by atoms with Gasteiger partial charge in [-0.2, -0.15) is 0 Å². The molecular formula is C11H13ClN2O2S. The van der Waals surface area contributed by atoms with Gasteiger partial charge in [-0.3, -0.25) is 0 Å². The lowest BCUT2D eigenvalue weighted by atomic mass is 10.3. The summed E-state index contributed by atoms with van der Waals surface area (Å²) in [6.45, 7) is 0. The molecule has 1 N–H and O–H groups in total. The van der Waals surface area contributed by atoms with Gasteiger partial charge in [-0.25, -0.2) is 13.4 Å². The molecule has 0 aliphatic rings. The van der Waals surface area contributed by atoms with Crippen molar-refractivity contribution in [1.29, 1.82) is 0 Å². The van der Waals surface area contributed by atoms with E-state index in [2.05, 4.69) is 9.97 Å². The van der Waals surface area contributed by atoms with Crippen molar-refractivity contribution in [2.75, 3.05) is 12.1 Å². The summed E-state index contributed by atoms with van der Waals surface area (Å²) in [7, 11) is -3.25. The number of imidazole rings is 1. The first-order valence-electron chi connectivity index (χ1n) is 5.26. The predicted molar refractivity (Wildman–Crippen MR) is 68.2 cm³/mol. The van der Waals surface area contributed by atoms with Crippen molar-refractivity contribution in [1.82, 2.24) is 9.97 Å². The molecule has 1 heterocycles. The Morgan fingerprint density at radius 3 is 2.82 bits per heavy atom. The summed E-state index contributed by atoms with van der Waals surface area (Å²) < 4.78 is 23.2. The minimum atomic E-state index is -3.25. The fourth-order valence-electron chi connectivity index (χ4n) is 1.71. The molecule has 0 spiro atoms. The Bertz CT molecular complexity index is 634. The van der Waals surface area contributed by atoms with E-state index in [9.17, 15) is 8.42 Å². The van der Waals surface area contributed by atoms with Crippen molar-refractivity contribution in [3.05, 3.63) is 24.0 Å². The quantitative estimate of drug-likeness (QED) is 0.868. The number of aryl methyl sites for hydroxylation is 1. The van der Waals surface area contributed by atoms with E-state index >= 15 is 0 Å². The summed E-state index contributed by atoms with van der Waals surface area (Å²) in [5, 5.41) is 0. The smallest absolute Gasteiger partial charge is 0.177 e. The predicted octanol–water partition coefficient (Wildman–Crippen LogP) is 2.14. The average molecular weight is 273 g/mol. The normalized spacial score (nSPS) is 12.1. The number of sulfone groups is 1. The summed E-state index contributed by atoms with van der Waals surface area (Å²) in [5.74, 6) is 1.34. The van der Waals surface area contributed by atoms with Gasteiger partial charge in [-0.05, 0) is 18.6 Å². The third-order valence-corrected chi connectivity index (χ3v) is 3.87. The SMILES string of the molecule is CS(=O)(=O)c1cccc2[nH]c(CCCCl)nc12. The summed E-state index contributed by atoms with van der Waals surface area (Å²) in [6.07, 6.45) is 2.73. The van der Waals surface area contributed by atoms with E-state index in [-0.39, 0.29) is 4.90 Å². The molecule has 6 heteroatoms. The van der Waals surface area contributed by atoms with Gasteiger partial charge in [0.15, 0.2) is 9.84 Å². The van der Waals surface area contributed by atoms with Crippen LogP contribution in [-0.2, 0) is 16.3 Å². The molecule has 0 saturated heterocycles. The van der Waals surface area contributed by atoms with Crippen LogP contribution in [0.5, 0.6) is 0 Å². The first-order valence-corrected chi connectivity index (χ1v) is 7.68. The lowest BCUT2D eigenvalue weighted by molar-refractivity contribution is 0.602. The Labute approximate surface area is 105 Å². The highest BCUT2D eigenvalue weighted by Gasteiger charge is 2.14. The number of aromatic nitrogens is 2. The Hall–Kier alpha value is -1.07. The number of hydrogen-bond acceptors (Lipinski definition) is 3. The van der Waals surface area contributed by atoms with Crippen LogP contribution in [-0.4, -0.2) is 30.5 Å². The third kappa shape index (κ3) is 2.61. The van der Waals surface area contributed by atoms with Gasteiger partial charge in [0.1, 0.15) is 11.3 Å². The molecule has 1 aromatic carbocycles. The Morgan fingerprint density at radius 1 is 1.41 bits per heavy atom. The number of para-hydroxylation sites is 1. The van der Waals surface area contributed by atoms with Gasteiger partial charge in [0, 0.05) is 18.6 Å². The van der Waals surface area contributed by atoms with E-state index in [4.69, 9.17) is 11.6 Å². The van der Waals surface area contributed by atoms with E-state index in [0.717, 1.165) is 24.2 Å². The van der Waals surface area contributed by atoms with E-state index in [1.54, 1.807) is 12.1 Å². The molecule has 2 aromatic rings. The van der Waals surface area contributed by atoms with Crippen LogP contribution in [0.1, 0.15) is 12.2 Å². The molecule has 0 fully saturated rings. The van der Waals surface area contributed by atoms with Crippen LogP contribution in [0.25, 0.3) is 11.0 Å². The second-order valence-electron chi connectivity index (χ2n) is 3.90. The van der Waals surface area contributed by atoms with Crippen LogP contribution in [0.15, 0.2) is 23.1 Å². The topological polar surface area (TPSA) is 62.8 Å². The molecule has 0 bridgehead atoms. The van der Waals surface area contributed by atoms with Crippen LogP contribution in [0.3, 0.4) is 0 Å². The van der Waals surface area contributed by atoms with Gasteiger partial charge >= 0.3 is 0 Å². The number of H-pyrrole nitrogens is 1. The zero-order valence-corrected chi connectivity index (χ0v) is 11.0. The molecule has 0 aliphatic carbocycles. The number of nitrogens with zero attached hydrogens (tertiary/aromatic N) is 1. The molecule has 17 heavy (non-hydrogen) atoms. The summed E-state index contributed by atoms with van der Waals surface area (Å²) in [6, 6.07) is 5.10. The maximum Gasteiger partial charge on any atom is 0.177 e. The number of fused-ring (bicyclic) bond motifs is 1. The van der Waals surface area contributed by atoms with Crippen molar-refractivity contribution < 1.29 is 8.42 Å². The fraction of sp³-hybridized carbons (Fsp3) is 0.364. The lowest BCUT2D eigenvalue weighted by Crippen LogP contribution is -1.97. The molecule has 2 rings (SSSR count). The minimum Gasteiger partial charge on any atom is -0.342 e. The average Bonchev–Trinajstić information content (AvgIpc) is 2.66. The van der Waals surface area contributed by atoms with Gasteiger partial charge < -0.3 is 4.98 Å². The zero-order valence-electron chi connectivity index (χ0n) is 9.40.